The van der Waals surface area contributed by atoms with Gasteiger partial charge in [-0.05, 0) is 106 Å². The predicted molar refractivity (Wildman–Crippen MR) is 330 cm³/mol. The van der Waals surface area contributed by atoms with Crippen molar-refractivity contribution in [3.8, 4) is 0 Å². The van der Waals surface area contributed by atoms with E-state index in [4.69, 9.17) is 0 Å². The summed E-state index contributed by atoms with van der Waals surface area (Å²) in [5.41, 5.74) is -26.0. The number of pyridine rings is 2. The molecule has 2 aromatic heterocycles. The Kier molecular flexibility index (Phi) is 20.6. The molecule has 0 spiro atoms. The zero-order chi connectivity index (χ0) is 83.7. The average Bonchev–Trinajstić information content (AvgIpc) is 0.696. The van der Waals surface area contributed by atoms with Crippen molar-refractivity contribution in [2.45, 2.75) is 0 Å². The monoisotopic (exact) mass is 1640 g/mol. The third kappa shape index (κ3) is 11.7. The van der Waals surface area contributed by atoms with Gasteiger partial charge in [0, 0.05) is 33.0 Å². The molecule has 0 atom stereocenters. The summed E-state index contributed by atoms with van der Waals surface area (Å²) in [6.45, 7) is 0. The van der Waals surface area contributed by atoms with E-state index in [2.05, 4.69) is 0 Å². The fourth-order valence-corrected chi connectivity index (χ4v) is 13.6. The van der Waals surface area contributed by atoms with E-state index in [9.17, 15) is 54.3 Å². The molecule has 0 bridgehead atoms. The molecule has 0 aliphatic carbocycles. The molecule has 0 fully saturated rings. The lowest BCUT2D eigenvalue weighted by Gasteiger charge is -2.38. The predicted octanol–water partition coefficient (Wildman–Crippen LogP) is 13.9. The third-order valence-electron chi connectivity index (χ3n) is 18.4. The van der Waals surface area contributed by atoms with Crippen LogP contribution in [0.3, 0.4) is 0 Å². The normalized spacial score (nSPS) is 12.8. The molecular weight excluding hydrogens is 1610 g/mol. The number of amides is 4. The smallest absolute Gasteiger partial charge is 0.377 e. The number of benzene rings is 10. The zero-order valence-electron chi connectivity index (χ0n) is 54.4. The molecule has 14 rings (SSSR count). The van der Waals surface area contributed by atoms with Crippen molar-refractivity contribution in [1.82, 2.24) is 0 Å². The van der Waals surface area contributed by atoms with Crippen molar-refractivity contribution in [1.29, 1.82) is 0 Å². The van der Waals surface area contributed by atoms with Crippen LogP contribution < -0.4 is 51.5 Å². The van der Waals surface area contributed by atoms with Crippen LogP contribution in [-0.4, -0.2) is 36.2 Å². The fraction of sp³-hybridized carbons (Fsp3) is 0. The Hall–Kier alpha value is -13.1. The minimum absolute atomic E-state index is 0.0924. The van der Waals surface area contributed by atoms with Crippen molar-refractivity contribution in [3.05, 3.63) is 342 Å². The largest absolute Gasteiger partial charge is 0.413 e. The van der Waals surface area contributed by atoms with Crippen LogP contribution in [0.5, 0.6) is 0 Å². The Bertz CT molecular complexity index is 5290. The van der Waals surface area contributed by atoms with Crippen LogP contribution in [0.25, 0.3) is 10.8 Å². The number of anilines is 2. The Morgan fingerprint density at radius 1 is 0.202 bits per heavy atom. The number of hydrogen-bond donors (Lipinski definition) is 0. The van der Waals surface area contributed by atoms with Crippen LogP contribution in [0.2, 0.25) is 0 Å². The first-order chi connectivity index (χ1) is 53.6. The van der Waals surface area contributed by atoms with Gasteiger partial charge in [-0.1, -0.05) is 36.4 Å². The molecule has 8 nitrogen and oxygen atoms in total. The van der Waals surface area contributed by atoms with Crippen molar-refractivity contribution in [3.63, 3.8) is 0 Å². The molecule has 114 heavy (non-hydrogen) atoms. The number of hydrogen-bond acceptors (Lipinski definition) is 4. The molecule has 2 aliphatic heterocycles. The van der Waals surface area contributed by atoms with E-state index >= 15 is 105 Å². The average molecular weight is 1640 g/mol. The third-order valence-corrected chi connectivity index (χ3v) is 18.4. The highest BCUT2D eigenvalue weighted by atomic mass is 19.2. The highest BCUT2D eigenvalue weighted by Crippen LogP contribution is 2.41. The number of imide groups is 2. The molecular formula is C72H22B2F32N4O4. The first-order valence-corrected chi connectivity index (χ1v) is 30.9. The van der Waals surface area contributed by atoms with Gasteiger partial charge in [-0.25, -0.2) is 150 Å². The van der Waals surface area contributed by atoms with Crippen LogP contribution in [0.15, 0.2) is 134 Å². The van der Waals surface area contributed by atoms with Crippen molar-refractivity contribution < 1.29 is 169 Å². The van der Waals surface area contributed by atoms with Gasteiger partial charge in [-0.15, -0.1) is 0 Å². The second-order valence-electron chi connectivity index (χ2n) is 24.1. The maximum Gasteiger partial charge on any atom is 0.377 e. The molecule has 0 unspecified atom stereocenters. The Labute approximate surface area is 610 Å². The minimum Gasteiger partial charge on any atom is -0.413 e. The van der Waals surface area contributed by atoms with Crippen LogP contribution in [0.1, 0.15) is 41.4 Å². The Balaban J connectivity index is 0.000000775. The van der Waals surface area contributed by atoms with Crippen molar-refractivity contribution in [2.24, 2.45) is 0 Å². The molecule has 42 heteroatoms. The molecule has 2 aliphatic rings. The summed E-state index contributed by atoms with van der Waals surface area (Å²) in [6.07, 6.45) is -14.0. The van der Waals surface area contributed by atoms with Crippen LogP contribution in [0.4, 0.5) is 152 Å². The first-order valence-electron chi connectivity index (χ1n) is 30.9. The van der Waals surface area contributed by atoms with Crippen molar-refractivity contribution in [2.75, 3.05) is 9.80 Å². The molecule has 4 amide bonds. The van der Waals surface area contributed by atoms with E-state index in [0.717, 1.165) is 0 Å². The number of nitrogens with zero attached hydrogens (tertiary/aromatic N) is 4. The molecule has 0 saturated carbocycles. The standard InChI is InChI=1S/C60H12B2F30N4O4.2C6H5F/c63-27-21(28(64)40(76)51(87)39(27)75)61(22-29(65)41(77)52(88)42(78)30(22)66,23-31(67)43(79)53(89)44(80)32(23)68)93-9-1-3-13(11-93)95-57(97)15-5-7-17-20-18(8-6-16(19(15)20)58(95)98)60(100)96(59(17)99)14-4-2-10-94(12-14)62(24-33(69)45(81)54(90)46(82)34(24)70,25-35(71)47(83)55(91)48(84)36(25)72)26-37(73)49(85)56(92)50(86)38(26)74;2*7-6-4-2-1-3-5-6/h1-12H;2*1-5H. The molecule has 584 valence electrons. The van der Waals surface area contributed by atoms with E-state index < -0.39 is 297 Å². The lowest BCUT2D eigenvalue weighted by Crippen LogP contribution is -2.88. The minimum atomic E-state index is -6.65. The van der Waals surface area contributed by atoms with E-state index in [0.29, 0.717) is 36.4 Å². The fourth-order valence-electron chi connectivity index (χ4n) is 13.6. The van der Waals surface area contributed by atoms with E-state index in [1.54, 1.807) is 36.4 Å². The van der Waals surface area contributed by atoms with Gasteiger partial charge in [0.15, 0.2) is 105 Å². The molecule has 0 radical (unpaired) electrons. The molecule has 4 heterocycles. The molecule has 10 aromatic carbocycles. The quantitative estimate of drug-likeness (QED) is 0.0449. The van der Waals surface area contributed by atoms with E-state index in [1.807, 2.05) is 0 Å². The number of carbonyl (C=O) groups is 4. The van der Waals surface area contributed by atoms with Gasteiger partial charge < -0.3 is 8.96 Å². The summed E-state index contributed by atoms with van der Waals surface area (Å²) in [5.74, 6) is -110. The topological polar surface area (TPSA) is 82.5 Å². The van der Waals surface area contributed by atoms with E-state index in [-0.39, 0.29) is 58.4 Å². The highest BCUT2D eigenvalue weighted by Gasteiger charge is 2.60. The van der Waals surface area contributed by atoms with Gasteiger partial charge in [0.2, 0.25) is 0 Å². The zero-order valence-corrected chi connectivity index (χ0v) is 54.4. The first kappa shape index (κ1) is 80.4. The Morgan fingerprint density at radius 3 is 0.526 bits per heavy atom. The second-order valence-corrected chi connectivity index (χ2v) is 24.1. The number of carbonyl (C=O) groups excluding carboxylic acids is 4. The van der Waals surface area contributed by atoms with Crippen LogP contribution >= 0.6 is 0 Å². The number of aromatic nitrogens is 2. The van der Waals surface area contributed by atoms with Gasteiger partial charge >= 0.3 is 12.6 Å². The molecule has 12 aromatic rings. The van der Waals surface area contributed by atoms with Gasteiger partial charge in [-0.2, -0.15) is 0 Å². The summed E-state index contributed by atoms with van der Waals surface area (Å²) >= 11 is 0. The SMILES string of the molecule is Fc1ccccc1.Fc1ccccc1.O=C1c2ccc3c4c(ccc(c24)C(=O)N1c1ccc[n+]([B-](c2c(F)c(F)c(F)c(F)c2F)(c2c(F)c(F)c(F)c(F)c2F)c2c(F)c(F)c(F)c(F)c2F)c1)C(=O)N(c1ccc[n+]([B-](c2c(F)c(F)c(F)c(F)c2F)(c2c(F)c(F)c(F)c(F)c2F)c2c(F)c(F)c(F)c(F)c2F)c1)C3=O. The maximum atomic E-state index is 16.6. The van der Waals surface area contributed by atoms with Crippen molar-refractivity contribution >= 4 is 91.1 Å². The highest BCUT2D eigenvalue weighted by molar-refractivity contribution is 7.06. The van der Waals surface area contributed by atoms with Crippen LogP contribution in [0, 0.1) is 186 Å². The number of rotatable bonds is 10. The maximum absolute atomic E-state index is 16.6. The van der Waals surface area contributed by atoms with Gasteiger partial charge in [0.1, 0.15) is 118 Å². The van der Waals surface area contributed by atoms with E-state index in [1.165, 1.54) is 24.3 Å². The van der Waals surface area contributed by atoms with Gasteiger partial charge in [0.05, 0.1) is 0 Å². The van der Waals surface area contributed by atoms with Crippen LogP contribution in [-0.2, 0) is 0 Å². The molecule has 0 saturated heterocycles. The number of halogens is 32. The summed E-state index contributed by atoms with van der Waals surface area (Å²) in [4.78, 5) is 58.9. The van der Waals surface area contributed by atoms with Gasteiger partial charge in [0.25, 0.3) is 23.6 Å². The summed E-state index contributed by atoms with van der Waals surface area (Å²) in [5, 5.41) is -1.80. The lowest BCUT2D eigenvalue weighted by atomic mass is 9.23. The van der Waals surface area contributed by atoms with Gasteiger partial charge in [-0.3, -0.25) is 19.2 Å². The summed E-state index contributed by atoms with van der Waals surface area (Å²) in [7, 11) is 0. The Morgan fingerprint density at radius 2 is 0.368 bits per heavy atom. The second kappa shape index (κ2) is 29.2. The summed E-state index contributed by atoms with van der Waals surface area (Å²) in [6, 6.07) is 19.0. The summed E-state index contributed by atoms with van der Waals surface area (Å²) < 4.78 is 495. The lowest BCUT2D eigenvalue weighted by molar-refractivity contribution is -0.539. The molecule has 0 N–H and O–H groups in total.